The summed E-state index contributed by atoms with van der Waals surface area (Å²) in [4.78, 5) is 0. The predicted octanol–water partition coefficient (Wildman–Crippen LogP) is 2.75. The number of nitrogens with two attached hydrogens (primary N) is 1. The van der Waals surface area contributed by atoms with Gasteiger partial charge in [-0.05, 0) is 47.6 Å². The highest BCUT2D eigenvalue weighted by atomic mass is 19.1. The Hall–Kier alpha value is -1.71. The fourth-order valence-electron chi connectivity index (χ4n) is 3.03. The number of halogens is 1. The van der Waals surface area contributed by atoms with E-state index in [0.717, 1.165) is 18.4 Å². The Morgan fingerprint density at radius 3 is 2.32 bits per heavy atom. The minimum atomic E-state index is -0.215. The van der Waals surface area contributed by atoms with Gasteiger partial charge in [0.05, 0.1) is 0 Å². The molecule has 0 radical (unpaired) electrons. The molecule has 3 N–H and O–H groups in total. The zero-order valence-electron chi connectivity index (χ0n) is 10.6. The van der Waals surface area contributed by atoms with Gasteiger partial charge in [-0.2, -0.15) is 0 Å². The SMILES string of the molecule is NNC(c1cccc(F)c1)C1Cc2ccccc2C1. The molecule has 0 fully saturated rings. The standard InChI is InChI=1S/C16H17FN2/c17-15-7-3-6-13(10-15)16(19-18)14-8-11-4-1-2-5-12(11)9-14/h1-7,10,14,16,19H,8-9,18H2. The largest absolute Gasteiger partial charge is 0.271 e. The van der Waals surface area contributed by atoms with Gasteiger partial charge >= 0.3 is 0 Å². The topological polar surface area (TPSA) is 38.0 Å². The lowest BCUT2D eigenvalue weighted by atomic mass is 9.91. The first kappa shape index (κ1) is 12.3. The molecule has 2 aromatic rings. The second-order valence-corrected chi connectivity index (χ2v) is 5.14. The molecule has 0 aliphatic heterocycles. The fourth-order valence-corrected chi connectivity index (χ4v) is 3.03. The van der Waals surface area contributed by atoms with E-state index in [0.29, 0.717) is 5.92 Å². The van der Waals surface area contributed by atoms with E-state index in [2.05, 4.69) is 29.7 Å². The molecule has 1 aliphatic rings. The van der Waals surface area contributed by atoms with E-state index in [1.54, 1.807) is 12.1 Å². The average molecular weight is 256 g/mol. The van der Waals surface area contributed by atoms with E-state index in [4.69, 9.17) is 5.84 Å². The van der Waals surface area contributed by atoms with Gasteiger partial charge in [-0.3, -0.25) is 11.3 Å². The second-order valence-electron chi connectivity index (χ2n) is 5.14. The van der Waals surface area contributed by atoms with Crippen molar-refractivity contribution in [3.8, 4) is 0 Å². The third kappa shape index (κ3) is 2.39. The summed E-state index contributed by atoms with van der Waals surface area (Å²) in [6, 6.07) is 15.1. The van der Waals surface area contributed by atoms with Crippen molar-refractivity contribution in [2.75, 3.05) is 0 Å². The quantitative estimate of drug-likeness (QED) is 0.654. The summed E-state index contributed by atoms with van der Waals surface area (Å²) in [6.45, 7) is 0. The number of benzene rings is 2. The number of hydrazine groups is 1. The molecule has 0 amide bonds. The summed E-state index contributed by atoms with van der Waals surface area (Å²) >= 11 is 0. The van der Waals surface area contributed by atoms with Crippen LogP contribution in [0.4, 0.5) is 4.39 Å². The van der Waals surface area contributed by atoms with Gasteiger partial charge < -0.3 is 0 Å². The molecule has 2 aromatic carbocycles. The van der Waals surface area contributed by atoms with Crippen LogP contribution in [0.1, 0.15) is 22.7 Å². The second kappa shape index (κ2) is 5.11. The van der Waals surface area contributed by atoms with Crippen molar-refractivity contribution in [2.45, 2.75) is 18.9 Å². The molecule has 98 valence electrons. The van der Waals surface area contributed by atoms with E-state index in [-0.39, 0.29) is 11.9 Å². The van der Waals surface area contributed by atoms with Gasteiger partial charge in [-0.25, -0.2) is 4.39 Å². The molecule has 1 aliphatic carbocycles. The maximum Gasteiger partial charge on any atom is 0.123 e. The van der Waals surface area contributed by atoms with Crippen LogP contribution in [0.3, 0.4) is 0 Å². The maximum atomic E-state index is 13.3. The van der Waals surface area contributed by atoms with E-state index in [9.17, 15) is 4.39 Å². The number of hydrogen-bond donors (Lipinski definition) is 2. The summed E-state index contributed by atoms with van der Waals surface area (Å²) in [7, 11) is 0. The van der Waals surface area contributed by atoms with Gasteiger partial charge in [0.15, 0.2) is 0 Å². The molecule has 3 heteroatoms. The molecule has 1 unspecified atom stereocenters. The first-order valence-electron chi connectivity index (χ1n) is 6.56. The Morgan fingerprint density at radius 2 is 1.74 bits per heavy atom. The lowest BCUT2D eigenvalue weighted by Crippen LogP contribution is -2.34. The van der Waals surface area contributed by atoms with Crippen LogP contribution in [0.25, 0.3) is 0 Å². The highest BCUT2D eigenvalue weighted by Gasteiger charge is 2.28. The van der Waals surface area contributed by atoms with Gasteiger partial charge in [0, 0.05) is 6.04 Å². The lowest BCUT2D eigenvalue weighted by molar-refractivity contribution is 0.378. The van der Waals surface area contributed by atoms with Crippen molar-refractivity contribution in [3.63, 3.8) is 0 Å². The number of fused-ring (bicyclic) bond motifs is 1. The Kier molecular flexibility index (Phi) is 3.32. The lowest BCUT2D eigenvalue weighted by Gasteiger charge is -2.23. The Morgan fingerprint density at radius 1 is 1.05 bits per heavy atom. The molecule has 3 rings (SSSR count). The summed E-state index contributed by atoms with van der Waals surface area (Å²) in [5.74, 6) is 5.86. The zero-order chi connectivity index (χ0) is 13.2. The van der Waals surface area contributed by atoms with Crippen LogP contribution >= 0.6 is 0 Å². The third-order valence-electron chi connectivity index (χ3n) is 3.94. The summed E-state index contributed by atoms with van der Waals surface area (Å²) < 4.78 is 13.3. The predicted molar refractivity (Wildman–Crippen MR) is 73.8 cm³/mol. The minimum Gasteiger partial charge on any atom is -0.271 e. The molecule has 0 spiro atoms. The summed E-state index contributed by atoms with van der Waals surface area (Å²) in [5.41, 5.74) is 6.53. The van der Waals surface area contributed by atoms with Gasteiger partial charge in [0.1, 0.15) is 5.82 Å². The van der Waals surface area contributed by atoms with Gasteiger partial charge in [0.2, 0.25) is 0 Å². The molecule has 0 heterocycles. The van der Waals surface area contributed by atoms with E-state index >= 15 is 0 Å². The van der Waals surface area contributed by atoms with Crippen LogP contribution in [0.15, 0.2) is 48.5 Å². The van der Waals surface area contributed by atoms with E-state index in [1.165, 1.54) is 17.2 Å². The van der Waals surface area contributed by atoms with Crippen LogP contribution in [-0.2, 0) is 12.8 Å². The number of rotatable bonds is 3. The first-order chi connectivity index (χ1) is 9.28. The monoisotopic (exact) mass is 256 g/mol. The summed E-state index contributed by atoms with van der Waals surface area (Å²) in [5, 5.41) is 0. The molecule has 1 atom stereocenters. The Labute approximate surface area is 112 Å². The smallest absolute Gasteiger partial charge is 0.123 e. The average Bonchev–Trinajstić information content (AvgIpc) is 2.83. The van der Waals surface area contributed by atoms with Gasteiger partial charge in [0.25, 0.3) is 0 Å². The molecular weight excluding hydrogens is 239 g/mol. The third-order valence-corrected chi connectivity index (χ3v) is 3.94. The van der Waals surface area contributed by atoms with E-state index < -0.39 is 0 Å². The van der Waals surface area contributed by atoms with Gasteiger partial charge in [-0.1, -0.05) is 36.4 Å². The first-order valence-corrected chi connectivity index (χ1v) is 6.56. The highest BCUT2D eigenvalue weighted by Crippen LogP contribution is 2.34. The molecule has 0 aromatic heterocycles. The maximum absolute atomic E-state index is 13.3. The van der Waals surface area contributed by atoms with Crippen molar-refractivity contribution in [1.82, 2.24) is 5.43 Å². The van der Waals surface area contributed by atoms with Crippen LogP contribution in [0.5, 0.6) is 0 Å². The van der Waals surface area contributed by atoms with Crippen molar-refractivity contribution in [2.24, 2.45) is 11.8 Å². The Balaban J connectivity index is 1.86. The van der Waals surface area contributed by atoms with Crippen LogP contribution in [-0.4, -0.2) is 0 Å². The molecule has 0 saturated carbocycles. The van der Waals surface area contributed by atoms with E-state index in [1.807, 2.05) is 6.07 Å². The summed E-state index contributed by atoms with van der Waals surface area (Å²) in [6.07, 6.45) is 1.98. The van der Waals surface area contributed by atoms with Crippen molar-refractivity contribution in [1.29, 1.82) is 0 Å². The fraction of sp³-hybridized carbons (Fsp3) is 0.250. The Bertz CT molecular complexity index is 557. The van der Waals surface area contributed by atoms with Crippen molar-refractivity contribution < 1.29 is 4.39 Å². The van der Waals surface area contributed by atoms with Crippen molar-refractivity contribution in [3.05, 3.63) is 71.0 Å². The number of nitrogens with one attached hydrogen (secondary N) is 1. The zero-order valence-corrected chi connectivity index (χ0v) is 10.6. The van der Waals surface area contributed by atoms with Crippen LogP contribution < -0.4 is 11.3 Å². The van der Waals surface area contributed by atoms with Crippen molar-refractivity contribution >= 4 is 0 Å². The highest BCUT2D eigenvalue weighted by molar-refractivity contribution is 5.34. The molecular formula is C16H17FN2. The number of hydrogen-bond acceptors (Lipinski definition) is 2. The molecule has 0 saturated heterocycles. The van der Waals surface area contributed by atoms with Crippen LogP contribution in [0, 0.1) is 11.7 Å². The van der Waals surface area contributed by atoms with Gasteiger partial charge in [-0.15, -0.1) is 0 Å². The normalized spacial score (nSPS) is 16.3. The minimum absolute atomic E-state index is 0.0110. The molecule has 0 bridgehead atoms. The molecule has 2 nitrogen and oxygen atoms in total. The van der Waals surface area contributed by atoms with Crippen LogP contribution in [0.2, 0.25) is 0 Å². The molecule has 19 heavy (non-hydrogen) atoms.